The van der Waals surface area contributed by atoms with Crippen LogP contribution in [-0.4, -0.2) is 43.5 Å². The lowest BCUT2D eigenvalue weighted by atomic mass is 9.86. The Bertz CT molecular complexity index is 611. The van der Waals surface area contributed by atoms with Crippen molar-refractivity contribution in [3.8, 4) is 11.5 Å². The zero-order chi connectivity index (χ0) is 16.9. The number of carboxylic acids is 1. The van der Waals surface area contributed by atoms with Crippen LogP contribution in [-0.2, 0) is 20.7 Å². The maximum atomic E-state index is 12.1. The number of carboxylic acid groups (broad SMARTS) is 1. The second kappa shape index (κ2) is 7.53. The van der Waals surface area contributed by atoms with Crippen LogP contribution in [0.5, 0.6) is 11.5 Å². The Balaban J connectivity index is 1.53. The number of carbonyl (C=O) groups excluding carboxylic acids is 1. The Morgan fingerprint density at radius 3 is 2.71 bits per heavy atom. The molecule has 3 rings (SSSR count). The molecule has 1 aromatic rings. The van der Waals surface area contributed by atoms with Crippen molar-refractivity contribution >= 4 is 11.9 Å². The molecule has 1 aromatic carbocycles. The third kappa shape index (κ3) is 3.97. The molecule has 24 heavy (non-hydrogen) atoms. The minimum atomic E-state index is -0.870. The second-order valence-corrected chi connectivity index (χ2v) is 6.06. The highest BCUT2D eigenvalue weighted by Crippen LogP contribution is 2.32. The number of amides is 1. The molecule has 2 aliphatic heterocycles. The summed E-state index contributed by atoms with van der Waals surface area (Å²) in [5.41, 5.74) is 0.801. The summed E-state index contributed by atoms with van der Waals surface area (Å²) in [5, 5.41) is 12.2. The Morgan fingerprint density at radius 2 is 1.96 bits per heavy atom. The van der Waals surface area contributed by atoms with Crippen LogP contribution < -0.4 is 14.8 Å². The van der Waals surface area contributed by atoms with Crippen molar-refractivity contribution in [2.75, 3.05) is 26.6 Å². The van der Waals surface area contributed by atoms with E-state index in [1.807, 2.05) is 0 Å². The normalized spacial score (nSPS) is 18.2. The Morgan fingerprint density at radius 1 is 1.21 bits per heavy atom. The number of aliphatic carboxylic acids is 1. The predicted molar refractivity (Wildman–Crippen MR) is 83.9 cm³/mol. The van der Waals surface area contributed by atoms with Gasteiger partial charge < -0.3 is 24.6 Å². The number of hydrogen-bond acceptors (Lipinski definition) is 5. The van der Waals surface area contributed by atoms with Gasteiger partial charge in [-0.2, -0.15) is 0 Å². The molecule has 1 atom stereocenters. The Labute approximate surface area is 139 Å². The lowest BCUT2D eigenvalue weighted by Crippen LogP contribution is -2.39. The quantitative estimate of drug-likeness (QED) is 0.811. The van der Waals surface area contributed by atoms with E-state index >= 15 is 0 Å². The molecular formula is C17H21NO6. The largest absolute Gasteiger partial charge is 0.481 e. The van der Waals surface area contributed by atoms with Gasteiger partial charge in [0.05, 0.1) is 12.3 Å². The number of carbonyl (C=O) groups is 2. The third-order valence-electron chi connectivity index (χ3n) is 4.47. The van der Waals surface area contributed by atoms with E-state index in [1.165, 1.54) is 0 Å². The van der Waals surface area contributed by atoms with Crippen LogP contribution in [0.1, 0.15) is 18.4 Å². The average molecular weight is 335 g/mol. The van der Waals surface area contributed by atoms with Crippen LogP contribution in [0.2, 0.25) is 0 Å². The van der Waals surface area contributed by atoms with Crippen molar-refractivity contribution < 1.29 is 28.9 Å². The summed E-state index contributed by atoms with van der Waals surface area (Å²) in [4.78, 5) is 23.6. The average Bonchev–Trinajstić information content (AvgIpc) is 3.03. The smallest absolute Gasteiger partial charge is 0.308 e. The van der Waals surface area contributed by atoms with Crippen molar-refractivity contribution in [1.29, 1.82) is 0 Å². The first kappa shape index (κ1) is 16.6. The van der Waals surface area contributed by atoms with Gasteiger partial charge in [-0.15, -0.1) is 0 Å². The number of nitrogens with one attached hydrogen (secondary N) is 1. The van der Waals surface area contributed by atoms with Gasteiger partial charge in [0.25, 0.3) is 0 Å². The fourth-order valence-corrected chi connectivity index (χ4v) is 3.10. The molecule has 0 spiro atoms. The zero-order valence-corrected chi connectivity index (χ0v) is 13.3. The SMILES string of the molecule is O=C(Cc1ccc2c(c1)OCO2)NCC(C(=O)O)C1CCOCC1. The summed E-state index contributed by atoms with van der Waals surface area (Å²) >= 11 is 0. The second-order valence-electron chi connectivity index (χ2n) is 6.06. The van der Waals surface area contributed by atoms with E-state index in [4.69, 9.17) is 14.2 Å². The van der Waals surface area contributed by atoms with E-state index in [0.29, 0.717) is 24.7 Å². The first-order valence-corrected chi connectivity index (χ1v) is 8.09. The number of hydrogen-bond donors (Lipinski definition) is 2. The third-order valence-corrected chi connectivity index (χ3v) is 4.47. The van der Waals surface area contributed by atoms with Crippen LogP contribution in [0.4, 0.5) is 0 Å². The maximum Gasteiger partial charge on any atom is 0.308 e. The van der Waals surface area contributed by atoms with Gasteiger partial charge in [0.15, 0.2) is 11.5 Å². The van der Waals surface area contributed by atoms with Crippen LogP contribution in [0.15, 0.2) is 18.2 Å². The molecule has 130 valence electrons. The Kier molecular flexibility index (Phi) is 5.20. The van der Waals surface area contributed by atoms with Gasteiger partial charge in [-0.3, -0.25) is 9.59 Å². The lowest BCUT2D eigenvalue weighted by Gasteiger charge is -2.27. The zero-order valence-electron chi connectivity index (χ0n) is 13.3. The molecule has 1 amide bonds. The molecule has 2 aliphatic rings. The summed E-state index contributed by atoms with van der Waals surface area (Å²) in [6.45, 7) is 1.50. The highest BCUT2D eigenvalue weighted by atomic mass is 16.7. The standard InChI is InChI=1S/C17H21NO6/c19-16(8-11-1-2-14-15(7-11)24-10-23-14)18-9-13(17(20)21)12-3-5-22-6-4-12/h1-2,7,12-13H,3-6,8-10H2,(H,18,19)(H,20,21). The topological polar surface area (TPSA) is 94.1 Å². The number of rotatable bonds is 6. The molecule has 0 saturated carbocycles. The van der Waals surface area contributed by atoms with E-state index in [-0.39, 0.29) is 31.6 Å². The minimum absolute atomic E-state index is 0.0436. The van der Waals surface area contributed by atoms with Gasteiger partial charge in [-0.25, -0.2) is 0 Å². The predicted octanol–water partition coefficient (Wildman–Crippen LogP) is 1.20. The van der Waals surface area contributed by atoms with Gasteiger partial charge in [-0.1, -0.05) is 6.07 Å². The highest BCUT2D eigenvalue weighted by Gasteiger charge is 2.30. The molecule has 7 nitrogen and oxygen atoms in total. The molecule has 0 radical (unpaired) electrons. The fourth-order valence-electron chi connectivity index (χ4n) is 3.10. The number of fused-ring (bicyclic) bond motifs is 1. The maximum absolute atomic E-state index is 12.1. The number of benzene rings is 1. The van der Waals surface area contributed by atoms with Gasteiger partial charge in [0, 0.05) is 19.8 Å². The van der Waals surface area contributed by atoms with Gasteiger partial charge in [0.2, 0.25) is 12.7 Å². The van der Waals surface area contributed by atoms with Crippen LogP contribution in [0, 0.1) is 11.8 Å². The van der Waals surface area contributed by atoms with Crippen molar-refractivity contribution in [2.45, 2.75) is 19.3 Å². The summed E-state index contributed by atoms with van der Waals surface area (Å²) in [5.74, 6) is -0.301. The minimum Gasteiger partial charge on any atom is -0.481 e. The van der Waals surface area contributed by atoms with Crippen molar-refractivity contribution in [3.63, 3.8) is 0 Å². The molecule has 1 saturated heterocycles. The molecule has 0 bridgehead atoms. The molecule has 1 unspecified atom stereocenters. The lowest BCUT2D eigenvalue weighted by molar-refractivity contribution is -0.144. The van der Waals surface area contributed by atoms with E-state index < -0.39 is 11.9 Å². The summed E-state index contributed by atoms with van der Waals surface area (Å²) in [6.07, 6.45) is 1.61. The van der Waals surface area contributed by atoms with E-state index in [9.17, 15) is 14.7 Å². The summed E-state index contributed by atoms with van der Waals surface area (Å²) in [7, 11) is 0. The Hall–Kier alpha value is -2.28. The molecule has 2 N–H and O–H groups in total. The highest BCUT2D eigenvalue weighted by molar-refractivity contribution is 5.79. The molecule has 0 aliphatic carbocycles. The van der Waals surface area contributed by atoms with Gasteiger partial charge in [-0.05, 0) is 36.5 Å². The van der Waals surface area contributed by atoms with Gasteiger partial charge >= 0.3 is 5.97 Å². The van der Waals surface area contributed by atoms with Crippen LogP contribution >= 0.6 is 0 Å². The van der Waals surface area contributed by atoms with Gasteiger partial charge in [0.1, 0.15) is 0 Å². The van der Waals surface area contributed by atoms with Crippen LogP contribution in [0.3, 0.4) is 0 Å². The first-order chi connectivity index (χ1) is 11.6. The fraction of sp³-hybridized carbons (Fsp3) is 0.529. The van der Waals surface area contributed by atoms with Crippen molar-refractivity contribution in [3.05, 3.63) is 23.8 Å². The molecule has 1 fully saturated rings. The molecule has 2 heterocycles. The van der Waals surface area contributed by atoms with E-state index in [2.05, 4.69) is 5.32 Å². The number of ether oxygens (including phenoxy) is 3. The summed E-state index contributed by atoms with van der Waals surface area (Å²) < 4.78 is 15.8. The molecule has 0 aromatic heterocycles. The van der Waals surface area contributed by atoms with E-state index in [1.54, 1.807) is 18.2 Å². The first-order valence-electron chi connectivity index (χ1n) is 8.09. The molecular weight excluding hydrogens is 314 g/mol. The van der Waals surface area contributed by atoms with E-state index in [0.717, 1.165) is 18.4 Å². The van der Waals surface area contributed by atoms with Crippen molar-refractivity contribution in [1.82, 2.24) is 5.32 Å². The molecule has 7 heteroatoms. The summed E-state index contributed by atoms with van der Waals surface area (Å²) in [6, 6.07) is 5.35. The monoisotopic (exact) mass is 335 g/mol. The van der Waals surface area contributed by atoms with Crippen molar-refractivity contribution in [2.24, 2.45) is 11.8 Å². The van der Waals surface area contributed by atoms with Crippen LogP contribution in [0.25, 0.3) is 0 Å².